The highest BCUT2D eigenvalue weighted by Crippen LogP contribution is 2.10. The maximum atomic E-state index is 12.7. The lowest BCUT2D eigenvalue weighted by atomic mass is 10.2. The normalized spacial score (nSPS) is 10.8. The fourth-order valence-corrected chi connectivity index (χ4v) is 1.51. The van der Waals surface area contributed by atoms with E-state index in [1.165, 1.54) is 12.1 Å². The standard InChI is InChI=1S/C13H16FN3/c1-10(2)17-8-7-13(16-17)15-9-11-3-5-12(14)6-4-11/h3-8,10H,9H2,1-2H3,(H,15,16). The van der Waals surface area contributed by atoms with Crippen LogP contribution in [0.2, 0.25) is 0 Å². The minimum absolute atomic E-state index is 0.210. The summed E-state index contributed by atoms with van der Waals surface area (Å²) in [5.74, 6) is 0.626. The van der Waals surface area contributed by atoms with Crippen LogP contribution in [0.5, 0.6) is 0 Å². The third-order valence-corrected chi connectivity index (χ3v) is 2.52. The summed E-state index contributed by atoms with van der Waals surface area (Å²) in [4.78, 5) is 0. The van der Waals surface area contributed by atoms with Crippen molar-refractivity contribution in [3.05, 3.63) is 47.9 Å². The van der Waals surface area contributed by atoms with E-state index in [0.717, 1.165) is 11.4 Å². The second-order valence-electron chi connectivity index (χ2n) is 4.25. The van der Waals surface area contributed by atoms with E-state index in [4.69, 9.17) is 0 Å². The molecule has 0 saturated heterocycles. The molecule has 90 valence electrons. The van der Waals surface area contributed by atoms with Crippen LogP contribution in [-0.2, 0) is 6.54 Å². The molecule has 0 bridgehead atoms. The van der Waals surface area contributed by atoms with E-state index in [0.29, 0.717) is 12.6 Å². The smallest absolute Gasteiger partial charge is 0.148 e. The molecule has 0 aliphatic heterocycles. The molecular formula is C13H16FN3. The van der Waals surface area contributed by atoms with Gasteiger partial charge in [0.15, 0.2) is 0 Å². The first-order chi connectivity index (χ1) is 8.15. The summed E-state index contributed by atoms with van der Waals surface area (Å²) in [6.07, 6.45) is 1.94. The summed E-state index contributed by atoms with van der Waals surface area (Å²) in [5, 5.41) is 7.58. The van der Waals surface area contributed by atoms with E-state index in [9.17, 15) is 4.39 Å². The van der Waals surface area contributed by atoms with Crippen molar-refractivity contribution in [3.8, 4) is 0 Å². The highest BCUT2D eigenvalue weighted by molar-refractivity contribution is 5.34. The van der Waals surface area contributed by atoms with Gasteiger partial charge in [-0.15, -0.1) is 0 Å². The number of halogens is 1. The quantitative estimate of drug-likeness (QED) is 0.878. The van der Waals surface area contributed by atoms with Crippen LogP contribution in [0.3, 0.4) is 0 Å². The number of benzene rings is 1. The van der Waals surface area contributed by atoms with Crippen LogP contribution in [0.25, 0.3) is 0 Å². The summed E-state index contributed by atoms with van der Waals surface area (Å²) >= 11 is 0. The summed E-state index contributed by atoms with van der Waals surface area (Å²) < 4.78 is 14.6. The minimum atomic E-state index is -0.210. The predicted octanol–water partition coefficient (Wildman–Crippen LogP) is 3.22. The monoisotopic (exact) mass is 233 g/mol. The van der Waals surface area contributed by atoms with Crippen molar-refractivity contribution in [1.82, 2.24) is 9.78 Å². The first-order valence-corrected chi connectivity index (χ1v) is 5.68. The van der Waals surface area contributed by atoms with Crippen LogP contribution in [0.1, 0.15) is 25.5 Å². The van der Waals surface area contributed by atoms with Crippen molar-refractivity contribution in [2.24, 2.45) is 0 Å². The Morgan fingerprint density at radius 2 is 1.94 bits per heavy atom. The molecule has 3 nitrogen and oxygen atoms in total. The van der Waals surface area contributed by atoms with E-state index in [-0.39, 0.29) is 5.82 Å². The van der Waals surface area contributed by atoms with E-state index >= 15 is 0 Å². The van der Waals surface area contributed by atoms with Crippen LogP contribution >= 0.6 is 0 Å². The molecule has 17 heavy (non-hydrogen) atoms. The summed E-state index contributed by atoms with van der Waals surface area (Å²) in [7, 11) is 0. The number of rotatable bonds is 4. The average molecular weight is 233 g/mol. The molecule has 2 aromatic rings. The average Bonchev–Trinajstić information content (AvgIpc) is 2.77. The third kappa shape index (κ3) is 3.06. The molecular weight excluding hydrogens is 217 g/mol. The van der Waals surface area contributed by atoms with Gasteiger partial charge in [-0.25, -0.2) is 4.39 Å². The molecule has 0 spiro atoms. The number of anilines is 1. The molecule has 1 heterocycles. The van der Waals surface area contributed by atoms with Gasteiger partial charge < -0.3 is 5.32 Å². The van der Waals surface area contributed by atoms with Crippen LogP contribution in [-0.4, -0.2) is 9.78 Å². The molecule has 2 rings (SSSR count). The third-order valence-electron chi connectivity index (χ3n) is 2.52. The first kappa shape index (κ1) is 11.6. The lowest BCUT2D eigenvalue weighted by molar-refractivity contribution is 0.534. The molecule has 1 aromatic heterocycles. The van der Waals surface area contributed by atoms with Crippen molar-refractivity contribution < 1.29 is 4.39 Å². The van der Waals surface area contributed by atoms with Crippen LogP contribution in [0, 0.1) is 5.82 Å². The number of hydrogen-bond donors (Lipinski definition) is 1. The minimum Gasteiger partial charge on any atom is -0.365 e. The van der Waals surface area contributed by atoms with Gasteiger partial charge in [0.2, 0.25) is 0 Å². The van der Waals surface area contributed by atoms with Crippen LogP contribution in [0.15, 0.2) is 36.5 Å². The maximum absolute atomic E-state index is 12.7. The zero-order valence-corrected chi connectivity index (χ0v) is 10.0. The molecule has 0 unspecified atom stereocenters. The van der Waals surface area contributed by atoms with Crippen molar-refractivity contribution in [2.45, 2.75) is 26.4 Å². The number of nitrogens with one attached hydrogen (secondary N) is 1. The zero-order chi connectivity index (χ0) is 12.3. The first-order valence-electron chi connectivity index (χ1n) is 5.68. The Morgan fingerprint density at radius 3 is 2.53 bits per heavy atom. The Balaban J connectivity index is 1.95. The number of nitrogens with zero attached hydrogens (tertiary/aromatic N) is 2. The Kier molecular flexibility index (Phi) is 3.42. The van der Waals surface area contributed by atoms with Crippen LogP contribution in [0.4, 0.5) is 10.2 Å². The molecule has 0 aliphatic rings. The van der Waals surface area contributed by atoms with E-state index in [2.05, 4.69) is 24.3 Å². The topological polar surface area (TPSA) is 29.9 Å². The predicted molar refractivity (Wildman–Crippen MR) is 66.3 cm³/mol. The second kappa shape index (κ2) is 4.99. The summed E-state index contributed by atoms with van der Waals surface area (Å²) in [6.45, 7) is 4.81. The Hall–Kier alpha value is -1.84. The lowest BCUT2D eigenvalue weighted by Gasteiger charge is -2.05. The van der Waals surface area contributed by atoms with Gasteiger partial charge in [0.25, 0.3) is 0 Å². The van der Waals surface area contributed by atoms with Gasteiger partial charge in [-0.3, -0.25) is 4.68 Å². The summed E-state index contributed by atoms with van der Waals surface area (Å²) in [5.41, 5.74) is 1.03. The van der Waals surface area contributed by atoms with E-state index in [1.54, 1.807) is 12.1 Å². The molecule has 4 heteroatoms. The molecule has 0 radical (unpaired) electrons. The maximum Gasteiger partial charge on any atom is 0.148 e. The van der Waals surface area contributed by atoms with Crippen molar-refractivity contribution in [1.29, 1.82) is 0 Å². The second-order valence-corrected chi connectivity index (χ2v) is 4.25. The van der Waals surface area contributed by atoms with E-state index < -0.39 is 0 Å². The van der Waals surface area contributed by atoms with Crippen LogP contribution < -0.4 is 5.32 Å². The van der Waals surface area contributed by atoms with Crippen molar-refractivity contribution in [2.75, 3.05) is 5.32 Å². The lowest BCUT2D eigenvalue weighted by Crippen LogP contribution is -2.04. The largest absolute Gasteiger partial charge is 0.365 e. The summed E-state index contributed by atoms with van der Waals surface area (Å²) in [6, 6.07) is 8.75. The van der Waals surface area contributed by atoms with Crippen molar-refractivity contribution >= 4 is 5.82 Å². The van der Waals surface area contributed by atoms with E-state index in [1.807, 2.05) is 16.9 Å². The highest BCUT2D eigenvalue weighted by atomic mass is 19.1. The highest BCUT2D eigenvalue weighted by Gasteiger charge is 2.01. The Bertz CT molecular complexity index is 474. The van der Waals surface area contributed by atoms with Gasteiger partial charge >= 0.3 is 0 Å². The zero-order valence-electron chi connectivity index (χ0n) is 10.0. The molecule has 1 aromatic carbocycles. The Labute approximate surface area is 100 Å². The molecule has 0 amide bonds. The molecule has 0 atom stereocenters. The molecule has 0 fully saturated rings. The van der Waals surface area contributed by atoms with Gasteiger partial charge in [-0.2, -0.15) is 5.10 Å². The molecule has 1 N–H and O–H groups in total. The molecule has 0 aliphatic carbocycles. The van der Waals surface area contributed by atoms with Gasteiger partial charge in [-0.05, 0) is 31.5 Å². The SMILES string of the molecule is CC(C)n1ccc(NCc2ccc(F)cc2)n1. The van der Waals surface area contributed by atoms with Gasteiger partial charge in [0.1, 0.15) is 11.6 Å². The number of aromatic nitrogens is 2. The van der Waals surface area contributed by atoms with Gasteiger partial charge in [-0.1, -0.05) is 12.1 Å². The van der Waals surface area contributed by atoms with Gasteiger partial charge in [0.05, 0.1) is 0 Å². The van der Waals surface area contributed by atoms with Gasteiger partial charge in [0, 0.05) is 24.8 Å². The number of hydrogen-bond acceptors (Lipinski definition) is 2. The fourth-order valence-electron chi connectivity index (χ4n) is 1.51. The van der Waals surface area contributed by atoms with Crippen molar-refractivity contribution in [3.63, 3.8) is 0 Å². The molecule has 0 saturated carbocycles. The Morgan fingerprint density at radius 1 is 1.24 bits per heavy atom. The fraction of sp³-hybridized carbons (Fsp3) is 0.308.